The number of carbonyl (C=O) groups is 2. The molecule has 38 heavy (non-hydrogen) atoms. The molecule has 3 saturated heterocycles. The van der Waals surface area contributed by atoms with Crippen molar-refractivity contribution in [3.05, 3.63) is 72.8 Å². The maximum Gasteiger partial charge on any atom is 0.250 e. The zero-order chi connectivity index (χ0) is 26.3. The first-order valence-electron chi connectivity index (χ1n) is 13.3. The van der Waals surface area contributed by atoms with Crippen LogP contribution in [0.2, 0.25) is 0 Å². The van der Waals surface area contributed by atoms with Gasteiger partial charge in [0.05, 0.1) is 11.6 Å². The molecule has 8 nitrogen and oxygen atoms in total. The minimum absolute atomic E-state index is 0.0168. The van der Waals surface area contributed by atoms with E-state index in [2.05, 4.69) is 4.90 Å². The van der Waals surface area contributed by atoms with Crippen LogP contribution in [-0.2, 0) is 19.6 Å². The fraction of sp³-hybridized carbons (Fsp3) is 0.379. The first-order valence-corrected chi connectivity index (χ1v) is 14.7. The molecule has 3 heterocycles. The summed E-state index contributed by atoms with van der Waals surface area (Å²) in [5, 5.41) is 1.58. The second-order valence-corrected chi connectivity index (χ2v) is 12.3. The fourth-order valence-electron chi connectivity index (χ4n) is 6.21. The van der Waals surface area contributed by atoms with E-state index in [0.29, 0.717) is 29.8 Å². The number of sulfonamides is 1. The van der Waals surface area contributed by atoms with E-state index < -0.39 is 15.6 Å². The lowest BCUT2D eigenvalue weighted by molar-refractivity contribution is -0.140. The van der Waals surface area contributed by atoms with Gasteiger partial charge in [0.2, 0.25) is 21.8 Å². The van der Waals surface area contributed by atoms with Crippen molar-refractivity contribution < 1.29 is 18.0 Å². The lowest BCUT2D eigenvalue weighted by Gasteiger charge is -2.42. The molecular weight excluding hydrogens is 500 g/mol. The van der Waals surface area contributed by atoms with Gasteiger partial charge in [-0.15, -0.1) is 0 Å². The number of amides is 2. The van der Waals surface area contributed by atoms with Gasteiger partial charge in [-0.1, -0.05) is 54.6 Å². The molecule has 6 rings (SSSR count). The second-order valence-electron chi connectivity index (χ2n) is 10.4. The average molecular weight is 533 g/mol. The van der Waals surface area contributed by atoms with Gasteiger partial charge in [-0.2, -0.15) is 4.31 Å². The molecule has 3 fully saturated rings. The van der Waals surface area contributed by atoms with E-state index in [9.17, 15) is 18.0 Å². The number of para-hydroxylation sites is 1. The van der Waals surface area contributed by atoms with E-state index in [4.69, 9.17) is 0 Å². The Balaban J connectivity index is 1.27. The summed E-state index contributed by atoms with van der Waals surface area (Å²) in [4.78, 5) is 32.8. The predicted octanol–water partition coefficient (Wildman–Crippen LogP) is 3.29. The Hall–Kier alpha value is -3.43. The van der Waals surface area contributed by atoms with Gasteiger partial charge in [0.25, 0.3) is 0 Å². The van der Waals surface area contributed by atoms with Crippen molar-refractivity contribution in [2.24, 2.45) is 0 Å². The van der Waals surface area contributed by atoms with Crippen LogP contribution in [0, 0.1) is 0 Å². The Labute approximate surface area is 223 Å². The number of fused-ring (bicyclic) bond motifs is 1. The number of nitrogens with zero attached hydrogens (tertiary/aromatic N) is 4. The summed E-state index contributed by atoms with van der Waals surface area (Å²) in [6, 6.07) is 22.6. The maximum absolute atomic E-state index is 14.0. The zero-order valence-corrected chi connectivity index (χ0v) is 22.1. The SMILES string of the molecule is O=C(CN1CN(c2ccccc2)C2(CCN(S(=O)(=O)c3cccc4ccccc34)CC2)C1=O)N1CCCC1. The third kappa shape index (κ3) is 4.14. The molecule has 3 aromatic carbocycles. The topological polar surface area (TPSA) is 81.2 Å². The lowest BCUT2D eigenvalue weighted by Crippen LogP contribution is -2.57. The van der Waals surface area contributed by atoms with Crippen molar-refractivity contribution >= 4 is 38.3 Å². The molecule has 0 bridgehead atoms. The van der Waals surface area contributed by atoms with Gasteiger partial charge < -0.3 is 14.7 Å². The molecule has 0 saturated carbocycles. The smallest absolute Gasteiger partial charge is 0.250 e. The molecule has 1 spiro atoms. The van der Waals surface area contributed by atoms with E-state index in [1.54, 1.807) is 17.0 Å². The molecule has 0 radical (unpaired) electrons. The quantitative estimate of drug-likeness (QED) is 0.504. The van der Waals surface area contributed by atoms with Crippen LogP contribution in [0.1, 0.15) is 25.7 Å². The Morgan fingerprint density at radius 1 is 0.816 bits per heavy atom. The highest BCUT2D eigenvalue weighted by Gasteiger charge is 2.55. The number of piperidine rings is 1. The zero-order valence-electron chi connectivity index (χ0n) is 21.3. The first-order chi connectivity index (χ1) is 18.4. The van der Waals surface area contributed by atoms with Gasteiger partial charge in [-0.25, -0.2) is 8.42 Å². The molecule has 198 valence electrons. The minimum atomic E-state index is -3.75. The summed E-state index contributed by atoms with van der Waals surface area (Å²) in [5.41, 5.74) is 0.0274. The second kappa shape index (κ2) is 9.71. The predicted molar refractivity (Wildman–Crippen MR) is 146 cm³/mol. The molecule has 3 aliphatic heterocycles. The molecule has 3 aliphatic rings. The highest BCUT2D eigenvalue weighted by Crippen LogP contribution is 2.41. The summed E-state index contributed by atoms with van der Waals surface area (Å²) >= 11 is 0. The number of anilines is 1. The van der Waals surface area contributed by atoms with Crippen LogP contribution in [0.5, 0.6) is 0 Å². The van der Waals surface area contributed by atoms with Gasteiger partial charge in [0.15, 0.2) is 0 Å². The summed E-state index contributed by atoms with van der Waals surface area (Å²) in [6.07, 6.45) is 2.72. The lowest BCUT2D eigenvalue weighted by atomic mass is 9.86. The van der Waals surface area contributed by atoms with Crippen LogP contribution in [0.25, 0.3) is 10.8 Å². The van der Waals surface area contributed by atoms with Crippen molar-refractivity contribution in [3.8, 4) is 0 Å². The van der Waals surface area contributed by atoms with Crippen molar-refractivity contribution in [2.45, 2.75) is 36.1 Å². The van der Waals surface area contributed by atoms with Crippen LogP contribution in [-0.4, -0.2) is 79.3 Å². The van der Waals surface area contributed by atoms with Crippen molar-refractivity contribution in [2.75, 3.05) is 44.3 Å². The molecule has 0 atom stereocenters. The van der Waals surface area contributed by atoms with E-state index in [-0.39, 0.29) is 31.4 Å². The third-order valence-corrected chi connectivity index (χ3v) is 10.2. The van der Waals surface area contributed by atoms with Crippen LogP contribution in [0.4, 0.5) is 5.69 Å². The fourth-order valence-corrected chi connectivity index (χ4v) is 7.86. The number of likely N-dealkylation sites (tertiary alicyclic amines) is 1. The molecular formula is C29H32N4O4S. The Bertz CT molecular complexity index is 1460. The average Bonchev–Trinajstić information content (AvgIpc) is 3.58. The molecule has 0 aromatic heterocycles. The molecule has 2 amide bonds. The van der Waals surface area contributed by atoms with E-state index in [1.165, 1.54) is 4.31 Å². The largest absolute Gasteiger partial charge is 0.341 e. The van der Waals surface area contributed by atoms with Gasteiger partial charge in [-0.3, -0.25) is 9.59 Å². The highest BCUT2D eigenvalue weighted by atomic mass is 32.2. The van der Waals surface area contributed by atoms with E-state index in [0.717, 1.165) is 37.0 Å². The number of hydrogen-bond acceptors (Lipinski definition) is 5. The van der Waals surface area contributed by atoms with Gasteiger partial charge >= 0.3 is 0 Å². The molecule has 0 aliphatic carbocycles. The third-order valence-electron chi connectivity index (χ3n) is 8.28. The molecule has 9 heteroatoms. The minimum Gasteiger partial charge on any atom is -0.341 e. The van der Waals surface area contributed by atoms with Crippen LogP contribution in [0.15, 0.2) is 77.7 Å². The summed E-state index contributed by atoms with van der Waals surface area (Å²) < 4.78 is 29.0. The van der Waals surface area contributed by atoms with Crippen LogP contribution < -0.4 is 4.90 Å². The molecule has 0 N–H and O–H groups in total. The number of rotatable bonds is 5. The summed E-state index contributed by atoms with van der Waals surface area (Å²) in [7, 11) is -3.75. The Morgan fingerprint density at radius 3 is 2.21 bits per heavy atom. The Morgan fingerprint density at radius 2 is 1.47 bits per heavy atom. The van der Waals surface area contributed by atoms with E-state index >= 15 is 0 Å². The normalized spacial score (nSPS) is 20.1. The summed E-state index contributed by atoms with van der Waals surface area (Å²) in [6.45, 7) is 2.33. The Kier molecular flexibility index (Phi) is 6.36. The van der Waals surface area contributed by atoms with Gasteiger partial charge in [-0.05, 0) is 49.3 Å². The van der Waals surface area contributed by atoms with Crippen molar-refractivity contribution in [1.29, 1.82) is 0 Å². The van der Waals surface area contributed by atoms with Gasteiger partial charge in [0.1, 0.15) is 12.1 Å². The summed E-state index contributed by atoms with van der Waals surface area (Å²) in [5.74, 6) is -0.104. The highest BCUT2D eigenvalue weighted by molar-refractivity contribution is 7.89. The van der Waals surface area contributed by atoms with Crippen LogP contribution in [0.3, 0.4) is 0 Å². The van der Waals surface area contributed by atoms with Crippen molar-refractivity contribution in [1.82, 2.24) is 14.1 Å². The van der Waals surface area contributed by atoms with E-state index in [1.807, 2.05) is 65.6 Å². The van der Waals surface area contributed by atoms with Crippen LogP contribution >= 0.6 is 0 Å². The monoisotopic (exact) mass is 532 g/mol. The first kappa shape index (κ1) is 24.9. The number of benzene rings is 3. The number of hydrogen-bond donors (Lipinski definition) is 0. The molecule has 0 unspecified atom stereocenters. The molecule has 3 aromatic rings. The maximum atomic E-state index is 14.0. The van der Waals surface area contributed by atoms with Gasteiger partial charge in [0, 0.05) is 37.3 Å². The number of carbonyl (C=O) groups excluding carboxylic acids is 2. The standard InChI is InChI=1S/C29H32N4O4S/c34-27(30-17-6-7-18-30)21-31-22-33(24-11-2-1-3-12-24)29(28(31)35)15-19-32(20-16-29)38(36,37)26-14-8-10-23-9-4-5-13-25(23)26/h1-5,8-14H,6-7,15-22H2. The van der Waals surface area contributed by atoms with Crippen molar-refractivity contribution in [3.63, 3.8) is 0 Å².